The fourth-order valence-electron chi connectivity index (χ4n) is 6.09. The van der Waals surface area contributed by atoms with Crippen molar-refractivity contribution in [2.75, 3.05) is 0 Å². The summed E-state index contributed by atoms with van der Waals surface area (Å²) in [5.74, 6) is 4.23. The van der Waals surface area contributed by atoms with Crippen molar-refractivity contribution in [1.29, 1.82) is 0 Å². The standard InChI is InChI=1S/C32H17N8P/c1-2-10-18-17(9-1)25-33-26(18)36-30-23-15-7-8-16-24(23)32-38-28-20-12-4-3-11-19(20)27(34-28)37-31-22-14-6-5-13-21(22)29(35-25)39(31)41-40(30)32/h1-16,41H/b35-25-,35-29?,36-26?,36-30-,37-27-,37-31?,38-28?,38-32-. The van der Waals surface area contributed by atoms with Crippen LogP contribution in [0, 0.1) is 0 Å². The molecule has 10 rings (SSSR count). The van der Waals surface area contributed by atoms with Crippen LogP contribution in [0.4, 0.5) is 11.6 Å². The predicted octanol–water partition coefficient (Wildman–Crippen LogP) is 5.44. The molecule has 1 atom stereocenters. The van der Waals surface area contributed by atoms with E-state index in [1.807, 2.05) is 48.5 Å². The number of aliphatic imine (C=N–C) groups is 4. The molecule has 4 aliphatic heterocycles. The van der Waals surface area contributed by atoms with Crippen LogP contribution in [0.2, 0.25) is 0 Å². The van der Waals surface area contributed by atoms with Gasteiger partial charge in [-0.2, -0.15) is 0 Å². The molecule has 41 heavy (non-hydrogen) atoms. The highest BCUT2D eigenvalue weighted by Gasteiger charge is 2.29. The molecule has 2 aromatic heterocycles. The number of aromatic nitrogens is 2. The summed E-state index contributed by atoms with van der Waals surface area (Å²) in [5.41, 5.74) is 5.49. The Hall–Kier alpha value is -5.33. The molecule has 0 N–H and O–H groups in total. The van der Waals surface area contributed by atoms with Gasteiger partial charge in [-0.1, -0.05) is 97.1 Å². The molecule has 1 unspecified atom stereocenters. The van der Waals surface area contributed by atoms with Gasteiger partial charge >= 0.3 is 0 Å². The number of amidine groups is 4. The lowest BCUT2D eigenvalue weighted by atomic mass is 10.1. The van der Waals surface area contributed by atoms with Crippen molar-refractivity contribution < 1.29 is 0 Å². The molecule has 6 bridgehead atoms. The summed E-state index contributed by atoms with van der Waals surface area (Å²) in [6.07, 6.45) is 0. The maximum atomic E-state index is 5.23. The zero-order valence-electron chi connectivity index (χ0n) is 21.3. The van der Waals surface area contributed by atoms with Crippen LogP contribution in [-0.2, 0) is 0 Å². The van der Waals surface area contributed by atoms with Crippen molar-refractivity contribution in [3.8, 4) is 0 Å². The van der Waals surface area contributed by atoms with E-state index in [9.17, 15) is 0 Å². The molecular formula is C32H17N8P. The van der Waals surface area contributed by atoms with Crippen LogP contribution in [0.3, 0.4) is 0 Å². The number of hydrogen-bond donors (Lipinski definition) is 0. The second-order valence-corrected chi connectivity index (χ2v) is 11.3. The fraction of sp³-hybridized carbons (Fsp3) is 0. The van der Waals surface area contributed by atoms with E-state index >= 15 is 0 Å². The normalized spacial score (nSPS) is 20.5. The summed E-state index contributed by atoms with van der Waals surface area (Å²) in [4.78, 5) is 30.9. The molecule has 9 heteroatoms. The van der Waals surface area contributed by atoms with Crippen LogP contribution in [0.5, 0.6) is 0 Å². The Morgan fingerprint density at radius 3 is 1.17 bits per heavy atom. The summed E-state index contributed by atoms with van der Waals surface area (Å²) in [7, 11) is 0.0691. The first kappa shape index (κ1) is 21.5. The van der Waals surface area contributed by atoms with E-state index in [1.165, 1.54) is 0 Å². The van der Waals surface area contributed by atoms with Gasteiger partial charge in [-0.15, -0.1) is 0 Å². The van der Waals surface area contributed by atoms with E-state index in [0.717, 1.165) is 66.4 Å². The second kappa shape index (κ2) is 7.65. The van der Waals surface area contributed by atoms with Crippen LogP contribution in [0.1, 0.15) is 22.3 Å². The molecule has 6 heterocycles. The Balaban J connectivity index is 1.48. The quantitative estimate of drug-likeness (QED) is 0.228. The van der Waals surface area contributed by atoms with Crippen molar-refractivity contribution in [1.82, 2.24) is 8.68 Å². The number of rotatable bonds is 0. The molecule has 0 saturated carbocycles. The van der Waals surface area contributed by atoms with E-state index in [2.05, 4.69) is 57.2 Å². The molecular weight excluding hydrogens is 527 g/mol. The third kappa shape index (κ3) is 2.81. The van der Waals surface area contributed by atoms with Gasteiger partial charge in [-0.25, -0.2) is 30.0 Å². The highest BCUT2D eigenvalue weighted by molar-refractivity contribution is 7.35. The summed E-state index contributed by atoms with van der Waals surface area (Å²) >= 11 is 0. The lowest BCUT2D eigenvalue weighted by Crippen LogP contribution is -2.25. The Bertz CT molecular complexity index is 2290. The van der Waals surface area contributed by atoms with Gasteiger partial charge in [0.1, 0.15) is 22.6 Å². The van der Waals surface area contributed by atoms with Crippen molar-refractivity contribution in [2.45, 2.75) is 0 Å². The molecule has 8 nitrogen and oxygen atoms in total. The van der Waals surface area contributed by atoms with Gasteiger partial charge in [-0.3, -0.25) is 8.68 Å². The number of hydrogen-bond acceptors (Lipinski definition) is 6. The lowest BCUT2D eigenvalue weighted by molar-refractivity contribution is 1.03. The average Bonchev–Trinajstić information content (AvgIpc) is 3.72. The van der Waals surface area contributed by atoms with Gasteiger partial charge in [0.2, 0.25) is 0 Å². The predicted molar refractivity (Wildman–Crippen MR) is 164 cm³/mol. The fourth-order valence-corrected chi connectivity index (χ4v) is 7.35. The number of fused-ring (bicyclic) bond motifs is 14. The van der Waals surface area contributed by atoms with Gasteiger partial charge in [0.05, 0.1) is 8.88 Å². The number of nitrogens with zero attached hydrogens (tertiary/aromatic N) is 8. The van der Waals surface area contributed by atoms with Gasteiger partial charge in [0.25, 0.3) is 0 Å². The lowest BCUT2D eigenvalue weighted by Gasteiger charge is -2.12. The minimum atomic E-state index is 0.0691. The summed E-state index contributed by atoms with van der Waals surface area (Å²) < 4.78 is 4.37. The zero-order chi connectivity index (χ0) is 26.7. The van der Waals surface area contributed by atoms with Crippen LogP contribution in [-0.4, -0.2) is 32.0 Å². The Morgan fingerprint density at radius 2 is 0.732 bits per heavy atom. The molecule has 190 valence electrons. The van der Waals surface area contributed by atoms with Crippen LogP contribution in [0.15, 0.2) is 127 Å². The molecule has 4 aromatic carbocycles. The zero-order valence-corrected chi connectivity index (χ0v) is 22.3. The van der Waals surface area contributed by atoms with Gasteiger partial charge in [-0.05, 0) is 0 Å². The monoisotopic (exact) mass is 544 g/mol. The molecule has 6 aromatic rings. The molecule has 0 radical (unpaired) electrons. The minimum Gasteiger partial charge on any atom is -0.271 e. The first-order chi connectivity index (χ1) is 20.3. The maximum absolute atomic E-state index is 5.23. The van der Waals surface area contributed by atoms with E-state index in [1.54, 1.807) is 0 Å². The minimum absolute atomic E-state index is 0.0691. The largest absolute Gasteiger partial charge is 0.271 e. The highest BCUT2D eigenvalue weighted by Crippen LogP contribution is 2.45. The summed E-state index contributed by atoms with van der Waals surface area (Å²) in [6, 6.07) is 33.0. The Labute approximate surface area is 234 Å². The van der Waals surface area contributed by atoms with Crippen molar-refractivity contribution >= 4 is 65.4 Å². The molecule has 4 aliphatic rings. The molecule has 0 spiro atoms. The second-order valence-electron chi connectivity index (χ2n) is 10.2. The first-order valence-electron chi connectivity index (χ1n) is 13.3. The maximum Gasteiger partial charge on any atom is 0.164 e. The average molecular weight is 545 g/mol. The van der Waals surface area contributed by atoms with Crippen LogP contribution < -0.4 is 11.0 Å². The SMILES string of the molecule is c1ccc2c(c1)C1=NC/2=N\c2c3ccccc3c3n2Pn2/c(c4ccccc4/c2=N/C2=NC(=N\3)/c3ccccc32)=N\1. The Morgan fingerprint density at radius 1 is 0.366 bits per heavy atom. The van der Waals surface area contributed by atoms with Crippen LogP contribution in [0.25, 0.3) is 21.5 Å². The smallest absolute Gasteiger partial charge is 0.164 e. The van der Waals surface area contributed by atoms with Gasteiger partial charge in [0, 0.05) is 43.8 Å². The van der Waals surface area contributed by atoms with Gasteiger partial charge < -0.3 is 0 Å². The molecule has 0 fully saturated rings. The molecule has 0 saturated heterocycles. The number of benzene rings is 4. The molecule has 0 aliphatic carbocycles. The van der Waals surface area contributed by atoms with Crippen LogP contribution >= 0.6 is 8.88 Å². The van der Waals surface area contributed by atoms with Gasteiger partial charge in [0.15, 0.2) is 23.3 Å². The van der Waals surface area contributed by atoms with E-state index in [0.29, 0.717) is 23.3 Å². The molecule has 0 amide bonds. The van der Waals surface area contributed by atoms with Crippen molar-refractivity contribution in [2.24, 2.45) is 30.0 Å². The third-order valence-electron chi connectivity index (χ3n) is 7.95. The van der Waals surface area contributed by atoms with Crippen molar-refractivity contribution in [3.63, 3.8) is 0 Å². The van der Waals surface area contributed by atoms with Crippen molar-refractivity contribution in [3.05, 3.63) is 130 Å². The third-order valence-corrected chi connectivity index (χ3v) is 9.20. The topological polar surface area (TPSA) is 84.0 Å². The van der Waals surface area contributed by atoms with E-state index in [-0.39, 0.29) is 8.88 Å². The first-order valence-corrected chi connectivity index (χ1v) is 14.2. The Kier molecular flexibility index (Phi) is 4.01. The van der Waals surface area contributed by atoms with E-state index < -0.39 is 0 Å². The summed E-state index contributed by atoms with van der Waals surface area (Å²) in [5, 5.41) is 4.04. The summed E-state index contributed by atoms with van der Waals surface area (Å²) in [6.45, 7) is 0. The highest BCUT2D eigenvalue weighted by atomic mass is 31.1. The van der Waals surface area contributed by atoms with E-state index in [4.69, 9.17) is 30.0 Å².